The maximum Gasteiger partial charge on any atom is 0.336 e. The summed E-state index contributed by atoms with van der Waals surface area (Å²) in [7, 11) is 1.31. The zero-order valence-corrected chi connectivity index (χ0v) is 11.7. The lowest BCUT2D eigenvalue weighted by Crippen LogP contribution is -2.49. The number of nitrogens with zero attached hydrogens (tertiary/aromatic N) is 2. The van der Waals surface area contributed by atoms with Crippen LogP contribution in [-0.2, 0) is 25.5 Å². The van der Waals surface area contributed by atoms with Crippen molar-refractivity contribution in [2.24, 2.45) is 0 Å². The van der Waals surface area contributed by atoms with Crippen molar-refractivity contribution in [1.29, 1.82) is 0 Å². The second kappa shape index (κ2) is 6.47. The van der Waals surface area contributed by atoms with Crippen LogP contribution < -0.4 is 0 Å². The van der Waals surface area contributed by atoms with Crippen LogP contribution in [0.25, 0.3) is 0 Å². The minimum absolute atomic E-state index is 0.0518. The summed E-state index contributed by atoms with van der Waals surface area (Å²) in [4.78, 5) is 29.5. The number of carbonyl (C=O) groups is 2. The van der Waals surface area contributed by atoms with Crippen LogP contribution in [0.4, 0.5) is 0 Å². The average Bonchev–Trinajstić information content (AvgIpc) is 2.49. The van der Waals surface area contributed by atoms with Crippen molar-refractivity contribution >= 4 is 11.9 Å². The number of hydrogen-bond donors (Lipinski definition) is 0. The third kappa shape index (κ3) is 3.33. The number of ether oxygens (including phenoxy) is 2. The van der Waals surface area contributed by atoms with Gasteiger partial charge in [0.2, 0.25) is 5.91 Å². The second-order valence-electron chi connectivity index (χ2n) is 4.67. The molecule has 1 aromatic rings. The van der Waals surface area contributed by atoms with Crippen molar-refractivity contribution in [3.05, 3.63) is 29.6 Å². The Hall–Kier alpha value is -1.95. The van der Waals surface area contributed by atoms with Crippen LogP contribution in [0.2, 0.25) is 0 Å². The van der Waals surface area contributed by atoms with Gasteiger partial charge in [-0.05, 0) is 18.6 Å². The standard InChI is InChI=1S/C14H18N2O4/c1-10-4-3-5-15-11(10)8-13(17)16-6-7-20-12(9-16)14(18)19-2/h3-5,12H,6-9H2,1-2H3. The van der Waals surface area contributed by atoms with Gasteiger partial charge in [0.25, 0.3) is 0 Å². The first kappa shape index (κ1) is 14.5. The highest BCUT2D eigenvalue weighted by Gasteiger charge is 2.30. The number of pyridine rings is 1. The van der Waals surface area contributed by atoms with E-state index < -0.39 is 12.1 Å². The highest BCUT2D eigenvalue weighted by Crippen LogP contribution is 2.11. The van der Waals surface area contributed by atoms with Crippen LogP contribution in [-0.4, -0.2) is 54.7 Å². The van der Waals surface area contributed by atoms with E-state index in [9.17, 15) is 9.59 Å². The fraction of sp³-hybridized carbons (Fsp3) is 0.500. The first-order chi connectivity index (χ1) is 9.61. The number of aromatic nitrogens is 1. The van der Waals surface area contributed by atoms with Gasteiger partial charge in [-0.1, -0.05) is 6.07 Å². The molecule has 1 aliphatic heterocycles. The Bertz CT molecular complexity index is 504. The van der Waals surface area contributed by atoms with Crippen molar-refractivity contribution in [2.75, 3.05) is 26.8 Å². The SMILES string of the molecule is COC(=O)C1CN(C(=O)Cc2ncccc2C)CCO1. The molecule has 6 heteroatoms. The van der Waals surface area contributed by atoms with Gasteiger partial charge < -0.3 is 14.4 Å². The average molecular weight is 278 g/mol. The molecule has 0 aromatic carbocycles. The van der Waals surface area contributed by atoms with Gasteiger partial charge in [0, 0.05) is 12.7 Å². The molecule has 0 radical (unpaired) electrons. The van der Waals surface area contributed by atoms with Gasteiger partial charge in [0.15, 0.2) is 6.10 Å². The maximum absolute atomic E-state index is 12.3. The summed E-state index contributed by atoms with van der Waals surface area (Å²) in [5.74, 6) is -0.500. The molecule has 0 saturated carbocycles. The van der Waals surface area contributed by atoms with Crippen LogP contribution in [0, 0.1) is 6.92 Å². The number of morpholine rings is 1. The summed E-state index contributed by atoms with van der Waals surface area (Å²) >= 11 is 0. The van der Waals surface area contributed by atoms with Crippen molar-refractivity contribution in [3.8, 4) is 0 Å². The molecule has 1 fully saturated rings. The maximum atomic E-state index is 12.3. The molecule has 20 heavy (non-hydrogen) atoms. The van der Waals surface area contributed by atoms with E-state index in [1.165, 1.54) is 7.11 Å². The second-order valence-corrected chi connectivity index (χ2v) is 4.67. The summed E-state index contributed by atoms with van der Waals surface area (Å²) in [6.45, 7) is 2.98. The summed E-state index contributed by atoms with van der Waals surface area (Å²) in [6, 6.07) is 3.76. The molecule has 1 amide bonds. The fourth-order valence-electron chi connectivity index (χ4n) is 2.11. The topological polar surface area (TPSA) is 68.7 Å². The van der Waals surface area contributed by atoms with E-state index in [0.29, 0.717) is 13.2 Å². The van der Waals surface area contributed by atoms with Gasteiger partial charge in [-0.2, -0.15) is 0 Å². The molecule has 0 N–H and O–H groups in total. The van der Waals surface area contributed by atoms with Gasteiger partial charge in [0.05, 0.1) is 32.4 Å². The van der Waals surface area contributed by atoms with Crippen LogP contribution in [0.5, 0.6) is 0 Å². The lowest BCUT2D eigenvalue weighted by atomic mass is 10.1. The Labute approximate surface area is 117 Å². The summed E-state index contributed by atoms with van der Waals surface area (Å²) < 4.78 is 9.94. The van der Waals surface area contributed by atoms with E-state index in [1.54, 1.807) is 11.1 Å². The van der Waals surface area contributed by atoms with E-state index in [4.69, 9.17) is 4.74 Å². The quantitative estimate of drug-likeness (QED) is 0.745. The minimum Gasteiger partial charge on any atom is -0.467 e. The Morgan fingerprint density at radius 3 is 3.05 bits per heavy atom. The molecule has 108 valence electrons. The van der Waals surface area contributed by atoms with E-state index in [-0.39, 0.29) is 18.9 Å². The Balaban J connectivity index is 1.99. The molecule has 0 aliphatic carbocycles. The molecule has 0 spiro atoms. The summed E-state index contributed by atoms with van der Waals surface area (Å²) in [5.41, 5.74) is 1.75. The van der Waals surface area contributed by atoms with Gasteiger partial charge in [-0.25, -0.2) is 4.79 Å². The molecule has 1 saturated heterocycles. The predicted octanol–water partition coefficient (Wildman–Crippen LogP) is 0.333. The van der Waals surface area contributed by atoms with Gasteiger partial charge in [-0.15, -0.1) is 0 Å². The fourth-order valence-corrected chi connectivity index (χ4v) is 2.11. The first-order valence-electron chi connectivity index (χ1n) is 6.49. The van der Waals surface area contributed by atoms with Gasteiger partial charge >= 0.3 is 5.97 Å². The van der Waals surface area contributed by atoms with Crippen LogP contribution >= 0.6 is 0 Å². The molecular weight excluding hydrogens is 260 g/mol. The molecule has 1 aromatic heterocycles. The highest BCUT2D eigenvalue weighted by molar-refractivity contribution is 5.81. The number of methoxy groups -OCH3 is 1. The monoisotopic (exact) mass is 278 g/mol. The summed E-state index contributed by atoms with van der Waals surface area (Å²) in [6.07, 6.45) is 1.22. The smallest absolute Gasteiger partial charge is 0.336 e. The zero-order valence-electron chi connectivity index (χ0n) is 11.7. The molecule has 1 aliphatic rings. The van der Waals surface area contributed by atoms with Gasteiger partial charge in [-0.3, -0.25) is 9.78 Å². The lowest BCUT2D eigenvalue weighted by molar-refractivity contribution is -0.162. The molecule has 2 rings (SSSR count). The van der Waals surface area contributed by atoms with Crippen molar-refractivity contribution in [2.45, 2.75) is 19.4 Å². The largest absolute Gasteiger partial charge is 0.467 e. The number of rotatable bonds is 3. The Kier molecular flexibility index (Phi) is 4.68. The van der Waals surface area contributed by atoms with Crippen LogP contribution in [0.1, 0.15) is 11.3 Å². The van der Waals surface area contributed by atoms with Crippen molar-refractivity contribution in [1.82, 2.24) is 9.88 Å². The molecule has 2 heterocycles. The first-order valence-corrected chi connectivity index (χ1v) is 6.49. The van der Waals surface area contributed by atoms with E-state index >= 15 is 0 Å². The van der Waals surface area contributed by atoms with E-state index in [1.807, 2.05) is 19.1 Å². The van der Waals surface area contributed by atoms with Crippen molar-refractivity contribution in [3.63, 3.8) is 0 Å². The molecular formula is C14H18N2O4. The number of carbonyl (C=O) groups excluding carboxylic acids is 2. The summed E-state index contributed by atoms with van der Waals surface area (Å²) in [5, 5.41) is 0. The van der Waals surface area contributed by atoms with Crippen LogP contribution in [0.15, 0.2) is 18.3 Å². The van der Waals surface area contributed by atoms with Crippen molar-refractivity contribution < 1.29 is 19.1 Å². The molecule has 0 bridgehead atoms. The van der Waals surface area contributed by atoms with E-state index in [2.05, 4.69) is 9.72 Å². The Morgan fingerprint density at radius 2 is 2.35 bits per heavy atom. The Morgan fingerprint density at radius 1 is 1.55 bits per heavy atom. The third-order valence-corrected chi connectivity index (χ3v) is 3.32. The normalized spacial score (nSPS) is 18.7. The number of hydrogen-bond acceptors (Lipinski definition) is 5. The predicted molar refractivity (Wildman–Crippen MR) is 71.0 cm³/mol. The number of amides is 1. The van der Waals surface area contributed by atoms with Crippen LogP contribution in [0.3, 0.4) is 0 Å². The minimum atomic E-state index is -0.692. The molecule has 6 nitrogen and oxygen atoms in total. The molecule has 1 unspecified atom stereocenters. The molecule has 1 atom stereocenters. The highest BCUT2D eigenvalue weighted by atomic mass is 16.6. The third-order valence-electron chi connectivity index (χ3n) is 3.32. The zero-order chi connectivity index (χ0) is 14.5. The van der Waals surface area contributed by atoms with E-state index in [0.717, 1.165) is 11.3 Å². The lowest BCUT2D eigenvalue weighted by Gasteiger charge is -2.31. The van der Waals surface area contributed by atoms with Gasteiger partial charge in [0.1, 0.15) is 0 Å². The number of aryl methyl sites for hydroxylation is 1. The number of esters is 1.